The summed E-state index contributed by atoms with van der Waals surface area (Å²) in [6, 6.07) is 10.6. The number of halogens is 2. The number of benzene rings is 2. The summed E-state index contributed by atoms with van der Waals surface area (Å²) >= 11 is 13.7. The van der Waals surface area contributed by atoms with Crippen molar-refractivity contribution >= 4 is 58.4 Å². The number of thioether (sulfide) groups is 1. The van der Waals surface area contributed by atoms with Crippen LogP contribution in [0.3, 0.4) is 0 Å². The lowest BCUT2D eigenvalue weighted by atomic mass is 9.78. The predicted molar refractivity (Wildman–Crippen MR) is 144 cm³/mol. The zero-order valence-corrected chi connectivity index (χ0v) is 22.9. The van der Waals surface area contributed by atoms with Crippen molar-refractivity contribution in [3.8, 4) is 11.8 Å². The molecule has 0 aromatic heterocycles. The number of nitriles is 1. The van der Waals surface area contributed by atoms with Crippen LogP contribution in [0.15, 0.2) is 40.9 Å². The number of hydrogen-bond donors (Lipinski definition) is 2. The summed E-state index contributed by atoms with van der Waals surface area (Å²) < 4.78 is 10.3. The van der Waals surface area contributed by atoms with Gasteiger partial charge in [0.2, 0.25) is 11.8 Å². The summed E-state index contributed by atoms with van der Waals surface area (Å²) in [6.07, 6.45) is 0. The van der Waals surface area contributed by atoms with Gasteiger partial charge >= 0.3 is 5.97 Å². The molecule has 3 rings (SSSR count). The van der Waals surface area contributed by atoms with E-state index in [2.05, 4.69) is 16.7 Å². The van der Waals surface area contributed by atoms with E-state index >= 15 is 0 Å². The van der Waals surface area contributed by atoms with Crippen molar-refractivity contribution in [2.24, 2.45) is 5.92 Å². The van der Waals surface area contributed by atoms with Gasteiger partial charge in [0.25, 0.3) is 0 Å². The third-order valence-electron chi connectivity index (χ3n) is 5.79. The summed E-state index contributed by atoms with van der Waals surface area (Å²) in [4.78, 5) is 38.3. The summed E-state index contributed by atoms with van der Waals surface area (Å²) in [5.41, 5.74) is 3.21. The smallest absolute Gasteiger partial charge is 0.319 e. The highest BCUT2D eigenvalue weighted by Crippen LogP contribution is 2.44. The van der Waals surface area contributed by atoms with Gasteiger partial charge in [0, 0.05) is 11.6 Å². The van der Waals surface area contributed by atoms with Crippen molar-refractivity contribution in [1.82, 2.24) is 5.32 Å². The van der Waals surface area contributed by atoms with Crippen molar-refractivity contribution in [3.05, 3.63) is 67.7 Å². The maximum absolute atomic E-state index is 13.0. The number of nitrogens with zero attached hydrogens (tertiary/aromatic N) is 1. The third kappa shape index (κ3) is 6.39. The third-order valence-corrected chi connectivity index (χ3v) is 7.37. The van der Waals surface area contributed by atoms with E-state index in [0.717, 1.165) is 30.0 Å². The highest BCUT2D eigenvalue weighted by atomic mass is 35.5. The second-order valence-corrected chi connectivity index (χ2v) is 10.0. The first-order valence-electron chi connectivity index (χ1n) is 11.3. The van der Waals surface area contributed by atoms with Gasteiger partial charge in [0.1, 0.15) is 5.92 Å². The monoisotopic (exact) mass is 561 g/mol. The molecular formula is C26H25Cl2N3O5S. The largest absolute Gasteiger partial charge is 0.491 e. The molecule has 194 valence electrons. The van der Waals surface area contributed by atoms with Crippen molar-refractivity contribution in [2.45, 2.75) is 26.7 Å². The molecule has 0 unspecified atom stereocenters. The molecule has 8 nitrogen and oxygen atoms in total. The molecule has 0 saturated carbocycles. The Balaban J connectivity index is 1.96. The fraction of sp³-hybridized carbons (Fsp3) is 0.308. The maximum Gasteiger partial charge on any atom is 0.319 e. The molecule has 37 heavy (non-hydrogen) atoms. The van der Waals surface area contributed by atoms with Crippen LogP contribution in [0.5, 0.6) is 5.75 Å². The van der Waals surface area contributed by atoms with Gasteiger partial charge in [-0.3, -0.25) is 14.4 Å². The van der Waals surface area contributed by atoms with Crippen molar-refractivity contribution in [1.29, 1.82) is 5.26 Å². The molecule has 1 heterocycles. The number of ether oxygens (including phenoxy) is 2. The van der Waals surface area contributed by atoms with E-state index in [9.17, 15) is 19.6 Å². The molecule has 1 aliphatic heterocycles. The van der Waals surface area contributed by atoms with Crippen LogP contribution in [0.1, 0.15) is 29.5 Å². The van der Waals surface area contributed by atoms with E-state index in [1.54, 1.807) is 13.0 Å². The Morgan fingerprint density at radius 1 is 1.16 bits per heavy atom. The lowest BCUT2D eigenvalue weighted by Crippen LogP contribution is -2.44. The summed E-state index contributed by atoms with van der Waals surface area (Å²) in [7, 11) is 1.15. The minimum absolute atomic E-state index is 0.0790. The van der Waals surface area contributed by atoms with Crippen LogP contribution in [-0.2, 0) is 19.1 Å². The van der Waals surface area contributed by atoms with E-state index < -0.39 is 23.7 Å². The van der Waals surface area contributed by atoms with Gasteiger partial charge in [-0.25, -0.2) is 0 Å². The summed E-state index contributed by atoms with van der Waals surface area (Å²) in [5, 5.41) is 16.0. The molecular weight excluding hydrogens is 537 g/mol. The van der Waals surface area contributed by atoms with Gasteiger partial charge in [0.15, 0.2) is 5.75 Å². The van der Waals surface area contributed by atoms with Crippen molar-refractivity contribution in [3.63, 3.8) is 0 Å². The normalized spacial score (nSPS) is 17.1. The number of hydrogen-bond acceptors (Lipinski definition) is 7. The van der Waals surface area contributed by atoms with E-state index in [1.807, 2.05) is 26.0 Å². The average Bonchev–Trinajstić information content (AvgIpc) is 2.86. The first kappa shape index (κ1) is 28.4. The second kappa shape index (κ2) is 12.4. The Kier molecular flexibility index (Phi) is 9.49. The van der Waals surface area contributed by atoms with Gasteiger partial charge in [-0.15, -0.1) is 0 Å². The molecule has 1 aliphatic rings. The van der Waals surface area contributed by atoms with Crippen LogP contribution in [0, 0.1) is 31.1 Å². The van der Waals surface area contributed by atoms with Gasteiger partial charge in [-0.2, -0.15) is 5.26 Å². The topological polar surface area (TPSA) is 118 Å². The Bertz CT molecular complexity index is 1300. The molecule has 0 aliphatic carbocycles. The number of carbonyl (C=O) groups excluding carboxylic acids is 3. The Morgan fingerprint density at radius 3 is 2.41 bits per heavy atom. The van der Waals surface area contributed by atoms with Crippen molar-refractivity contribution < 1.29 is 23.9 Å². The molecule has 0 spiro atoms. The number of esters is 1. The molecule has 2 aromatic rings. The first-order valence-corrected chi connectivity index (χ1v) is 13.0. The number of anilines is 1. The number of allylic oxidation sites excluding steroid dienone is 1. The molecule has 0 saturated heterocycles. The van der Waals surface area contributed by atoms with Gasteiger partial charge in [-0.1, -0.05) is 41.0 Å². The van der Waals surface area contributed by atoms with E-state index in [1.165, 1.54) is 12.1 Å². The zero-order chi connectivity index (χ0) is 27.3. The minimum atomic E-state index is -1.36. The Labute approximate surface area is 229 Å². The maximum atomic E-state index is 13.0. The van der Waals surface area contributed by atoms with Crippen LogP contribution in [0.25, 0.3) is 0 Å². The Hall–Kier alpha value is -3.19. The number of rotatable bonds is 8. The van der Waals surface area contributed by atoms with E-state index in [0.29, 0.717) is 17.9 Å². The molecule has 11 heteroatoms. The fourth-order valence-corrected chi connectivity index (χ4v) is 5.34. The molecule has 2 N–H and O–H groups in total. The lowest BCUT2D eigenvalue weighted by Gasteiger charge is -2.31. The van der Waals surface area contributed by atoms with Crippen LogP contribution in [0.4, 0.5) is 5.69 Å². The number of amides is 2. The number of carbonyl (C=O) groups is 3. The molecule has 0 radical (unpaired) electrons. The standard InChI is InChI=1S/C26H25Cl2N3O5S/c1-5-36-23-18(27)9-15(10-19(23)28)21-17(11-29)25(31-24(33)22(21)26(34)35-4)37-12-20(32)30-16-7-6-13(2)14(3)8-16/h6-10,21-22H,5,12H2,1-4H3,(H,30,32)(H,31,33)/t21-,22-/m0/s1. The van der Waals surface area contributed by atoms with Crippen LogP contribution >= 0.6 is 35.0 Å². The summed E-state index contributed by atoms with van der Waals surface area (Å²) in [5.74, 6) is -4.06. The number of nitrogens with one attached hydrogen (secondary N) is 2. The van der Waals surface area contributed by atoms with Crippen molar-refractivity contribution in [2.75, 3.05) is 24.8 Å². The fourth-order valence-electron chi connectivity index (χ4n) is 3.87. The minimum Gasteiger partial charge on any atom is -0.491 e. The number of methoxy groups -OCH3 is 1. The summed E-state index contributed by atoms with van der Waals surface area (Å²) in [6.45, 7) is 6.01. The van der Waals surface area contributed by atoms with Crippen LogP contribution < -0.4 is 15.4 Å². The van der Waals surface area contributed by atoms with Crippen LogP contribution in [0.2, 0.25) is 10.0 Å². The second-order valence-electron chi connectivity index (χ2n) is 8.20. The molecule has 0 bridgehead atoms. The molecule has 2 atom stereocenters. The molecule has 0 fully saturated rings. The highest BCUT2D eigenvalue weighted by molar-refractivity contribution is 8.03. The Morgan fingerprint density at radius 2 is 1.84 bits per heavy atom. The zero-order valence-electron chi connectivity index (χ0n) is 20.6. The van der Waals surface area contributed by atoms with E-state index in [4.69, 9.17) is 32.7 Å². The van der Waals surface area contributed by atoms with Gasteiger partial charge < -0.3 is 20.1 Å². The van der Waals surface area contributed by atoms with Crippen LogP contribution in [-0.4, -0.2) is 37.3 Å². The average molecular weight is 562 g/mol. The SMILES string of the molecule is CCOc1c(Cl)cc([C@H]2C(C#N)=C(SCC(=O)Nc3ccc(C)c(C)c3)NC(=O)[C@H]2C(=O)OC)cc1Cl. The molecule has 2 amide bonds. The highest BCUT2D eigenvalue weighted by Gasteiger charge is 2.44. The first-order chi connectivity index (χ1) is 17.6. The van der Waals surface area contributed by atoms with Gasteiger partial charge in [0.05, 0.1) is 46.2 Å². The number of aryl methyl sites for hydroxylation is 2. The van der Waals surface area contributed by atoms with E-state index in [-0.39, 0.29) is 38.1 Å². The quantitative estimate of drug-likeness (QED) is 0.339. The predicted octanol–water partition coefficient (Wildman–Crippen LogP) is 5.12. The molecule has 2 aromatic carbocycles. The van der Waals surface area contributed by atoms with Gasteiger partial charge in [-0.05, 0) is 61.7 Å². The lowest BCUT2D eigenvalue weighted by molar-refractivity contribution is -0.150.